The van der Waals surface area contributed by atoms with Crippen LogP contribution in [0.3, 0.4) is 0 Å². The first kappa shape index (κ1) is 22.9. The number of aromatic nitrogens is 1. The van der Waals surface area contributed by atoms with Gasteiger partial charge in [-0.2, -0.15) is 0 Å². The average molecular weight is 459 g/mol. The van der Waals surface area contributed by atoms with Crippen molar-refractivity contribution >= 4 is 37.3 Å². The van der Waals surface area contributed by atoms with Crippen molar-refractivity contribution < 1.29 is 23.5 Å². The second-order valence-corrected chi connectivity index (χ2v) is 10.9. The second kappa shape index (κ2) is 9.16. The van der Waals surface area contributed by atoms with Crippen LogP contribution >= 0.6 is 11.3 Å². The number of sulfone groups is 1. The van der Waals surface area contributed by atoms with Gasteiger partial charge in [0.05, 0.1) is 21.8 Å². The smallest absolute Gasteiger partial charge is 0.264 e. The number of aliphatic hydroxyl groups is 1. The molecule has 2 aromatic carbocycles. The highest BCUT2D eigenvalue weighted by molar-refractivity contribution is 7.92. The maximum atomic E-state index is 12.1. The average Bonchev–Trinajstić information content (AvgIpc) is 3.17. The minimum Gasteiger partial charge on any atom is -0.392 e. The molecule has 3 N–H and O–H groups in total. The number of carbonyl (C=O) groups is 1. The van der Waals surface area contributed by atoms with Gasteiger partial charge >= 0.3 is 0 Å². The number of fused-ring (bicyclic) bond motifs is 1. The molecule has 0 bridgehead atoms. The van der Waals surface area contributed by atoms with Crippen molar-refractivity contribution in [3.05, 3.63) is 64.2 Å². The third-order valence-corrected chi connectivity index (χ3v) is 8.24. The lowest BCUT2D eigenvalue weighted by Gasteiger charge is -2.24. The molecular weight excluding hydrogens is 436 g/mol. The summed E-state index contributed by atoms with van der Waals surface area (Å²) in [7, 11) is -3.75. The summed E-state index contributed by atoms with van der Waals surface area (Å²) in [5.41, 5.74) is 4.70. The van der Waals surface area contributed by atoms with E-state index in [1.807, 2.05) is 42.5 Å². The lowest BCUT2D eigenvalue weighted by atomic mass is 10.0. The first-order chi connectivity index (χ1) is 14.7. The minimum atomic E-state index is -3.75. The third kappa shape index (κ3) is 5.11. The fraction of sp³-hybridized carbons (Fsp3) is 0.273. The maximum absolute atomic E-state index is 12.1. The molecule has 0 fully saturated rings. The molecule has 0 saturated heterocycles. The number of carbonyl (C=O) groups excluding carboxylic acids is 1. The maximum Gasteiger partial charge on any atom is 0.264 e. The highest BCUT2D eigenvalue weighted by Gasteiger charge is 2.43. The summed E-state index contributed by atoms with van der Waals surface area (Å²) >= 11 is 1.41. The van der Waals surface area contributed by atoms with Crippen LogP contribution < -0.4 is 5.48 Å². The number of nitrogens with one attached hydrogen (secondary N) is 1. The molecule has 1 amide bonds. The first-order valence-electron chi connectivity index (χ1n) is 9.42. The fourth-order valence-electron chi connectivity index (χ4n) is 2.93. The monoisotopic (exact) mass is 458 g/mol. The van der Waals surface area contributed by atoms with E-state index in [9.17, 15) is 13.2 Å². The Morgan fingerprint density at radius 2 is 1.81 bits per heavy atom. The number of hydrogen-bond donors (Lipinski definition) is 3. The summed E-state index contributed by atoms with van der Waals surface area (Å²) in [5.74, 6) is 5.23. The molecule has 1 heterocycles. The van der Waals surface area contributed by atoms with Gasteiger partial charge in [-0.15, -0.1) is 11.3 Å². The molecule has 9 heteroatoms. The van der Waals surface area contributed by atoms with Crippen molar-refractivity contribution in [1.29, 1.82) is 0 Å². The molecule has 1 unspecified atom stereocenters. The first-order valence-corrected chi connectivity index (χ1v) is 12.1. The highest BCUT2D eigenvalue weighted by atomic mass is 32.2. The molecule has 0 radical (unpaired) electrons. The minimum absolute atomic E-state index is 0.00541. The van der Waals surface area contributed by atoms with Crippen LogP contribution in [0.2, 0.25) is 0 Å². The number of nitrogens with zero attached hydrogens (tertiary/aromatic N) is 1. The van der Waals surface area contributed by atoms with Gasteiger partial charge in [0, 0.05) is 23.8 Å². The van der Waals surface area contributed by atoms with E-state index in [0.717, 1.165) is 33.2 Å². The molecule has 1 aromatic heterocycles. The number of rotatable bonds is 6. The topological polar surface area (TPSA) is 117 Å². The predicted molar refractivity (Wildman–Crippen MR) is 119 cm³/mol. The molecule has 0 saturated carbocycles. The Balaban J connectivity index is 1.79. The summed E-state index contributed by atoms with van der Waals surface area (Å²) in [5, 5.41) is 18.7. The molecule has 0 aliphatic heterocycles. The zero-order valence-corrected chi connectivity index (χ0v) is 18.7. The second-order valence-electron chi connectivity index (χ2n) is 7.34. The van der Waals surface area contributed by atoms with E-state index in [1.165, 1.54) is 23.7 Å². The summed E-state index contributed by atoms with van der Waals surface area (Å²) in [6.45, 7) is 1.29. The molecule has 1 atom stereocenters. The number of hydrogen-bond acceptors (Lipinski definition) is 7. The Labute approximate surface area is 184 Å². The molecule has 0 spiro atoms. The van der Waals surface area contributed by atoms with Crippen LogP contribution in [0.4, 0.5) is 0 Å². The Hall–Kier alpha value is -2.77. The molecule has 0 aliphatic carbocycles. The zero-order chi connectivity index (χ0) is 22.6. The fourth-order valence-corrected chi connectivity index (χ4v) is 4.79. The van der Waals surface area contributed by atoms with Crippen LogP contribution in [0.15, 0.2) is 42.5 Å². The molecule has 3 rings (SSSR count). The zero-order valence-electron chi connectivity index (χ0n) is 17.0. The SMILES string of the molecule is CC(CCc1nc2ccc(C#Cc3ccc(CO)cc3)cc2s1)(C(=O)NO)S(C)(=O)=O. The standard InChI is InChI=1S/C22H22N2O5S2/c1-22(21(26)24-27,31(2,28)29)12-11-20-23-18-10-9-16(13-19(18)30-20)6-3-15-4-7-17(14-25)8-5-15/h4-5,7-10,13,25,27H,11-12,14H2,1-2H3,(H,24,26). The largest absolute Gasteiger partial charge is 0.392 e. The van der Waals surface area contributed by atoms with E-state index < -0.39 is 20.5 Å². The van der Waals surface area contributed by atoms with Crippen molar-refractivity contribution in [3.63, 3.8) is 0 Å². The van der Waals surface area contributed by atoms with Gasteiger partial charge < -0.3 is 5.11 Å². The van der Waals surface area contributed by atoms with Crippen molar-refractivity contribution in [2.45, 2.75) is 31.1 Å². The van der Waals surface area contributed by atoms with Gasteiger partial charge in [0.1, 0.15) is 4.75 Å². The number of thiazole rings is 1. The third-order valence-electron chi connectivity index (χ3n) is 5.14. The van der Waals surface area contributed by atoms with E-state index in [0.29, 0.717) is 5.01 Å². The van der Waals surface area contributed by atoms with Gasteiger partial charge in [0.15, 0.2) is 9.84 Å². The Kier molecular flexibility index (Phi) is 6.77. The summed E-state index contributed by atoms with van der Waals surface area (Å²) < 4.78 is 23.4. The highest BCUT2D eigenvalue weighted by Crippen LogP contribution is 2.28. The van der Waals surface area contributed by atoms with E-state index in [1.54, 1.807) is 0 Å². The van der Waals surface area contributed by atoms with Gasteiger partial charge in [-0.1, -0.05) is 24.0 Å². The number of aryl methyl sites for hydroxylation is 1. The van der Waals surface area contributed by atoms with Gasteiger partial charge in [-0.3, -0.25) is 10.0 Å². The lowest BCUT2D eigenvalue weighted by Crippen LogP contribution is -2.49. The Morgan fingerprint density at radius 3 is 2.42 bits per heavy atom. The normalized spacial score (nSPS) is 13.3. The van der Waals surface area contributed by atoms with Gasteiger partial charge in [0.2, 0.25) is 0 Å². The van der Waals surface area contributed by atoms with Crippen LogP contribution in [0.5, 0.6) is 0 Å². The molecular formula is C22H22N2O5S2. The Bertz CT molecular complexity index is 1270. The molecule has 7 nitrogen and oxygen atoms in total. The van der Waals surface area contributed by atoms with Crippen LogP contribution in [0.1, 0.15) is 35.0 Å². The van der Waals surface area contributed by atoms with Crippen molar-refractivity contribution in [2.24, 2.45) is 0 Å². The number of amides is 1. The predicted octanol–water partition coefficient (Wildman–Crippen LogP) is 2.43. The molecule has 31 heavy (non-hydrogen) atoms. The number of aliphatic hydroxyl groups excluding tert-OH is 1. The van der Waals surface area contributed by atoms with Crippen LogP contribution in [-0.4, -0.2) is 40.6 Å². The van der Waals surface area contributed by atoms with E-state index in [2.05, 4.69) is 16.8 Å². The van der Waals surface area contributed by atoms with Gasteiger partial charge in [0.25, 0.3) is 5.91 Å². The van der Waals surface area contributed by atoms with E-state index in [4.69, 9.17) is 10.3 Å². The van der Waals surface area contributed by atoms with Crippen molar-refractivity contribution in [1.82, 2.24) is 10.5 Å². The van der Waals surface area contributed by atoms with Gasteiger partial charge in [-0.05, 0) is 49.2 Å². The summed E-state index contributed by atoms with van der Waals surface area (Å²) in [4.78, 5) is 16.5. The van der Waals surface area contributed by atoms with E-state index >= 15 is 0 Å². The van der Waals surface area contributed by atoms with Crippen LogP contribution in [-0.2, 0) is 27.7 Å². The number of hydroxylamine groups is 1. The van der Waals surface area contributed by atoms with Crippen molar-refractivity contribution in [2.75, 3.05) is 6.26 Å². The Morgan fingerprint density at radius 1 is 1.16 bits per heavy atom. The molecule has 0 aliphatic rings. The quantitative estimate of drug-likeness (QED) is 0.297. The lowest BCUT2D eigenvalue weighted by molar-refractivity contribution is -0.131. The summed E-state index contributed by atoms with van der Waals surface area (Å²) in [6, 6.07) is 13.0. The van der Waals surface area contributed by atoms with E-state index in [-0.39, 0.29) is 19.4 Å². The number of benzene rings is 2. The van der Waals surface area contributed by atoms with Gasteiger partial charge in [-0.25, -0.2) is 18.9 Å². The van der Waals surface area contributed by atoms with Crippen molar-refractivity contribution in [3.8, 4) is 11.8 Å². The van der Waals surface area contributed by atoms with Crippen LogP contribution in [0.25, 0.3) is 10.2 Å². The summed E-state index contributed by atoms with van der Waals surface area (Å²) in [6.07, 6.45) is 1.24. The molecule has 162 valence electrons. The molecule has 3 aromatic rings. The van der Waals surface area contributed by atoms with Crippen LogP contribution in [0, 0.1) is 11.8 Å².